The van der Waals surface area contributed by atoms with Gasteiger partial charge in [0.2, 0.25) is 16.4 Å². The van der Waals surface area contributed by atoms with Gasteiger partial charge in [0.25, 0.3) is 5.91 Å². The monoisotopic (exact) mass is 387 g/mol. The molecular formula is C19H21N3O4S. The van der Waals surface area contributed by atoms with Gasteiger partial charge in [-0.05, 0) is 42.8 Å². The van der Waals surface area contributed by atoms with Gasteiger partial charge in [-0.25, -0.2) is 8.42 Å². The van der Waals surface area contributed by atoms with Crippen LogP contribution in [0.15, 0.2) is 53.4 Å². The summed E-state index contributed by atoms with van der Waals surface area (Å²) in [6.07, 6.45) is 0.722. The molecule has 27 heavy (non-hydrogen) atoms. The van der Waals surface area contributed by atoms with Crippen LogP contribution in [0.25, 0.3) is 0 Å². The lowest BCUT2D eigenvalue weighted by Crippen LogP contribution is -2.47. The molecule has 0 radical (unpaired) electrons. The summed E-state index contributed by atoms with van der Waals surface area (Å²) >= 11 is 0. The Morgan fingerprint density at radius 2 is 1.74 bits per heavy atom. The van der Waals surface area contributed by atoms with Crippen LogP contribution < -0.4 is 5.32 Å². The van der Waals surface area contributed by atoms with Crippen LogP contribution >= 0.6 is 0 Å². The highest BCUT2D eigenvalue weighted by atomic mass is 32.2. The zero-order valence-electron chi connectivity index (χ0n) is 15.0. The van der Waals surface area contributed by atoms with Crippen LogP contribution in [-0.2, 0) is 14.8 Å². The second-order valence-electron chi connectivity index (χ2n) is 6.40. The zero-order chi connectivity index (χ0) is 19.4. The maximum absolute atomic E-state index is 12.8. The Morgan fingerprint density at radius 3 is 2.41 bits per heavy atom. The fourth-order valence-electron chi connectivity index (χ4n) is 2.92. The Bertz CT molecular complexity index is 951. The molecule has 0 unspecified atom stereocenters. The number of carbonyl (C=O) groups excluding carboxylic acids is 2. The lowest BCUT2D eigenvalue weighted by Gasteiger charge is -2.31. The van der Waals surface area contributed by atoms with Crippen LogP contribution in [0, 0.1) is 6.92 Å². The van der Waals surface area contributed by atoms with Gasteiger partial charge in [0.05, 0.1) is 4.90 Å². The van der Waals surface area contributed by atoms with Crippen molar-refractivity contribution < 1.29 is 18.0 Å². The first kappa shape index (κ1) is 19.1. The molecule has 1 fully saturated rings. The Kier molecular flexibility index (Phi) is 5.57. The number of benzene rings is 2. The van der Waals surface area contributed by atoms with Crippen molar-refractivity contribution in [1.29, 1.82) is 0 Å². The Labute approximate surface area is 158 Å². The van der Waals surface area contributed by atoms with Crippen LogP contribution in [-0.4, -0.2) is 56.1 Å². The maximum Gasteiger partial charge on any atom is 0.255 e. The number of nitrogens with one attached hydrogen (secondary N) is 1. The molecule has 1 N–H and O–H groups in total. The predicted octanol–water partition coefficient (Wildman–Crippen LogP) is 1.71. The fourth-order valence-corrected chi connectivity index (χ4v) is 4.39. The molecule has 1 heterocycles. The van der Waals surface area contributed by atoms with Gasteiger partial charge in [-0.15, -0.1) is 0 Å². The second kappa shape index (κ2) is 7.89. The van der Waals surface area contributed by atoms with Crippen molar-refractivity contribution in [1.82, 2.24) is 9.21 Å². The van der Waals surface area contributed by atoms with Crippen LogP contribution in [0.3, 0.4) is 0 Å². The number of sulfonamides is 1. The molecule has 0 saturated carbocycles. The van der Waals surface area contributed by atoms with E-state index in [4.69, 9.17) is 0 Å². The van der Waals surface area contributed by atoms with E-state index in [0.29, 0.717) is 18.8 Å². The summed E-state index contributed by atoms with van der Waals surface area (Å²) < 4.78 is 27.0. The topological polar surface area (TPSA) is 86.8 Å². The number of amides is 2. The minimum absolute atomic E-state index is 0.0685. The molecule has 1 aliphatic rings. The van der Waals surface area contributed by atoms with Gasteiger partial charge >= 0.3 is 0 Å². The molecule has 8 heteroatoms. The number of hydrogen-bond donors (Lipinski definition) is 1. The smallest absolute Gasteiger partial charge is 0.255 e. The van der Waals surface area contributed by atoms with Gasteiger partial charge in [0.15, 0.2) is 0 Å². The standard InChI is InChI=1S/C19H21N3O4S/c1-15-4-2-6-17(12-15)20-19(24)16-5-3-7-18(13-16)27(25,26)22-10-8-21(14-23)9-11-22/h2-7,12-14H,8-11H2,1H3,(H,20,24). The van der Waals surface area contributed by atoms with E-state index in [9.17, 15) is 18.0 Å². The predicted molar refractivity (Wildman–Crippen MR) is 102 cm³/mol. The van der Waals surface area contributed by atoms with Crippen molar-refractivity contribution in [2.75, 3.05) is 31.5 Å². The number of aryl methyl sites for hydroxylation is 1. The van der Waals surface area contributed by atoms with Crippen molar-refractivity contribution in [3.05, 3.63) is 59.7 Å². The van der Waals surface area contributed by atoms with Crippen molar-refractivity contribution in [3.63, 3.8) is 0 Å². The largest absolute Gasteiger partial charge is 0.343 e. The van der Waals surface area contributed by atoms with Crippen LogP contribution in [0.2, 0.25) is 0 Å². The minimum atomic E-state index is -3.72. The summed E-state index contributed by atoms with van der Waals surface area (Å²) in [5.41, 5.74) is 1.93. The van der Waals surface area contributed by atoms with E-state index >= 15 is 0 Å². The molecule has 1 saturated heterocycles. The lowest BCUT2D eigenvalue weighted by molar-refractivity contribution is -0.119. The summed E-state index contributed by atoms with van der Waals surface area (Å²) in [6, 6.07) is 13.4. The van der Waals surface area contributed by atoms with Crippen molar-refractivity contribution in [2.24, 2.45) is 0 Å². The molecule has 142 valence electrons. The Hall–Kier alpha value is -2.71. The van der Waals surface area contributed by atoms with E-state index in [0.717, 1.165) is 12.0 Å². The van der Waals surface area contributed by atoms with E-state index in [1.54, 1.807) is 18.2 Å². The Morgan fingerprint density at radius 1 is 1.04 bits per heavy atom. The molecule has 2 aromatic rings. The van der Waals surface area contributed by atoms with Crippen molar-refractivity contribution in [2.45, 2.75) is 11.8 Å². The van der Waals surface area contributed by atoms with E-state index in [2.05, 4.69) is 5.32 Å². The molecule has 0 aliphatic carbocycles. The van der Waals surface area contributed by atoms with Crippen LogP contribution in [0.5, 0.6) is 0 Å². The van der Waals surface area contributed by atoms with E-state index in [-0.39, 0.29) is 29.5 Å². The first-order valence-corrected chi connectivity index (χ1v) is 10.0. The molecule has 1 aliphatic heterocycles. The molecule has 0 aromatic heterocycles. The summed E-state index contributed by atoms with van der Waals surface area (Å²) in [7, 11) is -3.72. The third-order valence-corrected chi connectivity index (χ3v) is 6.33. The van der Waals surface area contributed by atoms with Crippen molar-refractivity contribution in [3.8, 4) is 0 Å². The van der Waals surface area contributed by atoms with Gasteiger partial charge in [-0.3, -0.25) is 9.59 Å². The number of rotatable bonds is 5. The number of nitrogens with zero attached hydrogens (tertiary/aromatic N) is 2. The first-order valence-electron chi connectivity index (χ1n) is 8.58. The average molecular weight is 387 g/mol. The van der Waals surface area contributed by atoms with Gasteiger partial charge in [0, 0.05) is 37.4 Å². The number of anilines is 1. The Balaban J connectivity index is 1.78. The van der Waals surface area contributed by atoms with Gasteiger partial charge in [-0.1, -0.05) is 18.2 Å². The van der Waals surface area contributed by atoms with Crippen LogP contribution in [0.4, 0.5) is 5.69 Å². The quantitative estimate of drug-likeness (QED) is 0.792. The first-order chi connectivity index (χ1) is 12.9. The summed E-state index contributed by atoms with van der Waals surface area (Å²) in [6.45, 7) is 3.11. The van der Waals surface area contributed by atoms with Gasteiger partial charge in [0.1, 0.15) is 0 Å². The lowest BCUT2D eigenvalue weighted by atomic mass is 10.2. The van der Waals surface area contributed by atoms with E-state index in [1.165, 1.54) is 21.3 Å². The van der Waals surface area contributed by atoms with Crippen molar-refractivity contribution >= 4 is 28.0 Å². The summed E-state index contributed by atoms with van der Waals surface area (Å²) in [4.78, 5) is 24.9. The molecule has 2 amide bonds. The second-order valence-corrected chi connectivity index (χ2v) is 8.33. The summed E-state index contributed by atoms with van der Waals surface area (Å²) in [5.74, 6) is -0.372. The number of carbonyl (C=O) groups is 2. The van der Waals surface area contributed by atoms with Gasteiger partial charge < -0.3 is 10.2 Å². The molecule has 0 bridgehead atoms. The highest BCUT2D eigenvalue weighted by Gasteiger charge is 2.28. The molecule has 7 nitrogen and oxygen atoms in total. The normalized spacial score (nSPS) is 15.4. The fraction of sp³-hybridized carbons (Fsp3) is 0.263. The summed E-state index contributed by atoms with van der Waals surface area (Å²) in [5, 5.41) is 2.78. The SMILES string of the molecule is Cc1cccc(NC(=O)c2cccc(S(=O)(=O)N3CCN(C=O)CC3)c2)c1. The molecule has 2 aromatic carbocycles. The van der Waals surface area contributed by atoms with Gasteiger partial charge in [-0.2, -0.15) is 4.31 Å². The third kappa shape index (κ3) is 4.35. The molecule has 3 rings (SSSR count). The number of hydrogen-bond acceptors (Lipinski definition) is 4. The highest BCUT2D eigenvalue weighted by molar-refractivity contribution is 7.89. The molecular weight excluding hydrogens is 366 g/mol. The third-order valence-electron chi connectivity index (χ3n) is 4.43. The maximum atomic E-state index is 12.8. The molecule has 0 atom stereocenters. The number of piperazine rings is 1. The molecule has 0 spiro atoms. The zero-order valence-corrected chi connectivity index (χ0v) is 15.8. The minimum Gasteiger partial charge on any atom is -0.343 e. The average Bonchev–Trinajstić information content (AvgIpc) is 2.68. The van der Waals surface area contributed by atoms with Crippen LogP contribution in [0.1, 0.15) is 15.9 Å². The van der Waals surface area contributed by atoms with E-state index in [1.807, 2.05) is 25.1 Å². The highest BCUT2D eigenvalue weighted by Crippen LogP contribution is 2.19. The van der Waals surface area contributed by atoms with E-state index < -0.39 is 10.0 Å².